The number of piperazine rings is 1. The van der Waals surface area contributed by atoms with Gasteiger partial charge in [-0.3, -0.25) is 0 Å². The third kappa shape index (κ3) is 4.80. The van der Waals surface area contributed by atoms with E-state index in [4.69, 9.17) is 0 Å². The average molecular weight is 306 g/mol. The molecule has 0 spiro atoms. The highest BCUT2D eigenvalue weighted by Crippen LogP contribution is 2.09. The number of likely N-dealkylation sites (N-methyl/N-ethyl adjacent to an activating group) is 2. The average Bonchev–Trinajstić information content (AvgIpc) is 1.79. The van der Waals surface area contributed by atoms with Gasteiger partial charge in [0.15, 0.2) is 0 Å². The van der Waals surface area contributed by atoms with Crippen LogP contribution in [-0.2, 0) is 0 Å². The van der Waals surface area contributed by atoms with Gasteiger partial charge in [0.1, 0.15) is 26.2 Å². The maximum absolute atomic E-state index is 2.32. The molecular formula is C8H22Br2N2+2. The molecule has 0 aromatic carbocycles. The summed E-state index contributed by atoms with van der Waals surface area (Å²) in [7, 11) is 9.27. The summed E-state index contributed by atoms with van der Waals surface area (Å²) in [6.07, 6.45) is 0. The molecule has 0 radical (unpaired) electrons. The van der Waals surface area contributed by atoms with E-state index in [0.717, 1.165) is 0 Å². The van der Waals surface area contributed by atoms with Crippen molar-refractivity contribution in [3.05, 3.63) is 0 Å². The Morgan fingerprint density at radius 1 is 0.583 bits per heavy atom. The lowest BCUT2D eigenvalue weighted by Gasteiger charge is -2.42. The number of hydrogen-bond donors (Lipinski definition) is 0. The summed E-state index contributed by atoms with van der Waals surface area (Å²) in [5.41, 5.74) is 0. The highest BCUT2D eigenvalue weighted by atomic mass is 79.9. The molecule has 0 aliphatic carbocycles. The van der Waals surface area contributed by atoms with Crippen molar-refractivity contribution >= 4 is 34.0 Å². The highest BCUT2D eigenvalue weighted by Gasteiger charge is 2.30. The van der Waals surface area contributed by atoms with E-state index in [1.54, 1.807) is 0 Å². The van der Waals surface area contributed by atoms with Crippen LogP contribution in [0.4, 0.5) is 0 Å². The van der Waals surface area contributed by atoms with E-state index < -0.39 is 0 Å². The van der Waals surface area contributed by atoms with Crippen LogP contribution in [0.2, 0.25) is 0 Å². The Hall–Kier alpha value is 0.880. The molecule has 1 heterocycles. The van der Waals surface area contributed by atoms with Crippen molar-refractivity contribution in [3.63, 3.8) is 0 Å². The van der Waals surface area contributed by atoms with Gasteiger partial charge in [0.25, 0.3) is 0 Å². The molecule has 1 saturated heterocycles. The minimum Gasteiger partial charge on any atom is -0.319 e. The second-order valence-corrected chi connectivity index (χ2v) is 4.77. The topological polar surface area (TPSA) is 0 Å². The van der Waals surface area contributed by atoms with Crippen molar-refractivity contribution in [2.75, 3.05) is 54.4 Å². The van der Waals surface area contributed by atoms with Crippen LogP contribution in [0.1, 0.15) is 0 Å². The van der Waals surface area contributed by atoms with Crippen LogP contribution in [-0.4, -0.2) is 63.3 Å². The van der Waals surface area contributed by atoms with Crippen LogP contribution in [0.25, 0.3) is 0 Å². The first-order chi connectivity index (χ1) is 4.41. The molecule has 0 amide bonds. The molecule has 1 rings (SSSR count). The fourth-order valence-electron chi connectivity index (χ4n) is 1.31. The number of hydrogen-bond acceptors (Lipinski definition) is 0. The van der Waals surface area contributed by atoms with Gasteiger partial charge in [-0.05, 0) is 0 Å². The summed E-state index contributed by atoms with van der Waals surface area (Å²) < 4.78 is 2.42. The van der Waals surface area contributed by atoms with E-state index in [1.807, 2.05) is 0 Å². The first kappa shape index (κ1) is 15.4. The Balaban J connectivity index is 0. The summed E-state index contributed by atoms with van der Waals surface area (Å²) in [6, 6.07) is 0. The fourth-order valence-corrected chi connectivity index (χ4v) is 1.31. The van der Waals surface area contributed by atoms with Gasteiger partial charge in [0.2, 0.25) is 0 Å². The van der Waals surface area contributed by atoms with Gasteiger partial charge in [0.05, 0.1) is 28.2 Å². The quantitative estimate of drug-likeness (QED) is 0.592. The molecule has 12 heavy (non-hydrogen) atoms. The monoisotopic (exact) mass is 304 g/mol. The Kier molecular flexibility index (Phi) is 6.32. The van der Waals surface area contributed by atoms with Crippen molar-refractivity contribution in [2.24, 2.45) is 0 Å². The van der Waals surface area contributed by atoms with Crippen LogP contribution >= 0.6 is 34.0 Å². The third-order valence-electron chi connectivity index (χ3n) is 2.62. The van der Waals surface area contributed by atoms with E-state index >= 15 is 0 Å². The lowest BCUT2D eigenvalue weighted by Crippen LogP contribution is -2.60. The summed E-state index contributed by atoms with van der Waals surface area (Å²) in [5.74, 6) is 0. The SMILES string of the molecule is Br.Br.C[N+]1(C)CC[N+](C)(C)CC1. The van der Waals surface area contributed by atoms with Gasteiger partial charge >= 0.3 is 0 Å². The molecule has 1 aliphatic rings. The van der Waals surface area contributed by atoms with Gasteiger partial charge in [0, 0.05) is 0 Å². The second kappa shape index (κ2) is 4.94. The maximum atomic E-state index is 2.32. The summed E-state index contributed by atoms with van der Waals surface area (Å²) in [6.45, 7) is 5.31. The van der Waals surface area contributed by atoms with Crippen LogP contribution < -0.4 is 0 Å². The Labute approximate surface area is 97.3 Å². The van der Waals surface area contributed by atoms with Gasteiger partial charge in [-0.2, -0.15) is 0 Å². The number of halogens is 2. The minimum atomic E-state index is 0. The smallest absolute Gasteiger partial charge is 0.128 e. The van der Waals surface area contributed by atoms with E-state index in [9.17, 15) is 0 Å². The molecule has 0 unspecified atom stereocenters. The summed E-state index contributed by atoms with van der Waals surface area (Å²) in [4.78, 5) is 0. The van der Waals surface area contributed by atoms with E-state index in [1.165, 1.54) is 35.1 Å². The Morgan fingerprint density at radius 3 is 0.917 bits per heavy atom. The molecule has 0 saturated carbocycles. The van der Waals surface area contributed by atoms with Crippen LogP contribution in [0.15, 0.2) is 0 Å². The van der Waals surface area contributed by atoms with Gasteiger partial charge in [-0.25, -0.2) is 0 Å². The zero-order chi connectivity index (χ0) is 7.83. The predicted octanol–water partition coefficient (Wildman–Crippen LogP) is 1.31. The first-order valence-electron chi connectivity index (χ1n) is 4.05. The third-order valence-corrected chi connectivity index (χ3v) is 2.62. The highest BCUT2D eigenvalue weighted by molar-refractivity contribution is 8.93. The van der Waals surface area contributed by atoms with Crippen molar-refractivity contribution in [2.45, 2.75) is 0 Å². The number of nitrogens with zero attached hydrogens (tertiary/aromatic N) is 2. The molecule has 1 fully saturated rings. The predicted molar refractivity (Wildman–Crippen MR) is 64.3 cm³/mol. The molecule has 0 aromatic rings. The van der Waals surface area contributed by atoms with Crippen molar-refractivity contribution < 1.29 is 8.97 Å². The van der Waals surface area contributed by atoms with E-state index in [-0.39, 0.29) is 34.0 Å². The standard InChI is InChI=1S/C8H20N2.2BrH/c1-9(2)5-7-10(3,4)8-6-9;;/h5-8H2,1-4H3;2*1H/q+2;;. The van der Waals surface area contributed by atoms with Gasteiger partial charge in [-0.15, -0.1) is 34.0 Å². The summed E-state index contributed by atoms with van der Waals surface area (Å²) >= 11 is 0. The fraction of sp³-hybridized carbons (Fsp3) is 1.00. The van der Waals surface area contributed by atoms with Gasteiger partial charge < -0.3 is 8.97 Å². The number of rotatable bonds is 0. The molecule has 2 nitrogen and oxygen atoms in total. The zero-order valence-electron chi connectivity index (χ0n) is 8.54. The molecule has 0 N–H and O–H groups in total. The first-order valence-corrected chi connectivity index (χ1v) is 4.05. The summed E-state index contributed by atoms with van der Waals surface area (Å²) in [5, 5.41) is 0. The molecule has 0 atom stereocenters. The van der Waals surface area contributed by atoms with Crippen LogP contribution in [0, 0.1) is 0 Å². The molecule has 1 aliphatic heterocycles. The lowest BCUT2D eigenvalue weighted by molar-refractivity contribution is -0.998. The van der Waals surface area contributed by atoms with Crippen LogP contribution in [0.3, 0.4) is 0 Å². The number of quaternary nitrogens is 2. The minimum absolute atomic E-state index is 0. The van der Waals surface area contributed by atoms with Crippen molar-refractivity contribution in [1.82, 2.24) is 0 Å². The normalized spacial score (nSPS) is 25.0. The molecule has 0 bridgehead atoms. The lowest BCUT2D eigenvalue weighted by atomic mass is 10.2. The van der Waals surface area contributed by atoms with Gasteiger partial charge in [-0.1, -0.05) is 0 Å². The Bertz CT molecular complexity index is 107. The van der Waals surface area contributed by atoms with E-state index in [2.05, 4.69) is 28.2 Å². The maximum Gasteiger partial charge on any atom is 0.128 e. The molecule has 0 aromatic heterocycles. The van der Waals surface area contributed by atoms with Crippen molar-refractivity contribution in [1.29, 1.82) is 0 Å². The zero-order valence-corrected chi connectivity index (χ0v) is 12.0. The van der Waals surface area contributed by atoms with E-state index in [0.29, 0.717) is 0 Å². The molecular weight excluding hydrogens is 284 g/mol. The Morgan fingerprint density at radius 2 is 0.750 bits per heavy atom. The van der Waals surface area contributed by atoms with Crippen molar-refractivity contribution in [3.8, 4) is 0 Å². The van der Waals surface area contributed by atoms with Crippen LogP contribution in [0.5, 0.6) is 0 Å². The molecule has 76 valence electrons. The molecule has 4 heteroatoms. The largest absolute Gasteiger partial charge is 0.319 e. The second-order valence-electron chi connectivity index (χ2n) is 4.77.